The fourth-order valence-corrected chi connectivity index (χ4v) is 0.762. The minimum atomic E-state index is -0.431. The Labute approximate surface area is 62.8 Å². The Bertz CT molecular complexity index is 316. The lowest BCUT2D eigenvalue weighted by Gasteiger charge is -1.99. The van der Waals surface area contributed by atoms with Gasteiger partial charge in [0.1, 0.15) is 11.3 Å². The maximum Gasteiger partial charge on any atom is 0.262 e. The number of ether oxygens (including phenoxy) is 1. The average Bonchev–Trinajstić information content (AvgIpc) is 2.04. The van der Waals surface area contributed by atoms with Gasteiger partial charge in [-0.25, -0.2) is 0 Å². The number of aromatic amines is 1. The van der Waals surface area contributed by atoms with Crippen molar-refractivity contribution in [1.82, 2.24) is 4.98 Å². The van der Waals surface area contributed by atoms with E-state index in [0.29, 0.717) is 12.0 Å². The first kappa shape index (κ1) is 7.53. The van der Waals surface area contributed by atoms with Gasteiger partial charge < -0.3 is 9.72 Å². The van der Waals surface area contributed by atoms with Crippen LogP contribution in [0.15, 0.2) is 17.1 Å². The van der Waals surface area contributed by atoms with Crippen molar-refractivity contribution in [2.45, 2.75) is 0 Å². The van der Waals surface area contributed by atoms with Crippen molar-refractivity contribution < 1.29 is 9.53 Å². The van der Waals surface area contributed by atoms with Crippen LogP contribution in [0.5, 0.6) is 5.75 Å². The molecule has 0 atom stereocenters. The molecule has 1 aromatic rings. The molecule has 0 aliphatic carbocycles. The monoisotopic (exact) mass is 153 g/mol. The van der Waals surface area contributed by atoms with Crippen molar-refractivity contribution in [3.63, 3.8) is 0 Å². The van der Waals surface area contributed by atoms with Gasteiger partial charge in [-0.05, 0) is 6.07 Å². The van der Waals surface area contributed by atoms with Crippen LogP contribution < -0.4 is 10.3 Å². The molecule has 0 unspecified atom stereocenters. The lowest BCUT2D eigenvalue weighted by Crippen LogP contribution is -2.12. The zero-order valence-corrected chi connectivity index (χ0v) is 5.96. The summed E-state index contributed by atoms with van der Waals surface area (Å²) in [7, 11) is 1.40. The predicted octanol–water partition coefficient (Wildman–Crippen LogP) is 0.196. The summed E-state index contributed by atoms with van der Waals surface area (Å²) in [6.07, 6.45) is 1.89. The summed E-state index contributed by atoms with van der Waals surface area (Å²) >= 11 is 0. The molecule has 0 aliphatic heterocycles. The molecule has 58 valence electrons. The molecule has 0 saturated heterocycles. The SMILES string of the molecule is COc1cc[nH]c(=O)c1C=O. The maximum absolute atomic E-state index is 10.9. The lowest BCUT2D eigenvalue weighted by molar-refractivity contribution is 0.111. The van der Waals surface area contributed by atoms with Crippen LogP contribution in [-0.2, 0) is 0 Å². The summed E-state index contributed by atoms with van der Waals surface area (Å²) in [6.45, 7) is 0. The van der Waals surface area contributed by atoms with Crippen LogP contribution in [0.25, 0.3) is 0 Å². The van der Waals surface area contributed by atoms with Crippen LogP contribution in [0.3, 0.4) is 0 Å². The lowest BCUT2D eigenvalue weighted by atomic mass is 10.3. The molecular formula is C7H7NO3. The van der Waals surface area contributed by atoms with Gasteiger partial charge in [-0.2, -0.15) is 0 Å². The highest BCUT2D eigenvalue weighted by atomic mass is 16.5. The van der Waals surface area contributed by atoms with Crippen LogP contribution >= 0.6 is 0 Å². The molecule has 11 heavy (non-hydrogen) atoms. The number of hydrogen-bond acceptors (Lipinski definition) is 3. The van der Waals surface area contributed by atoms with Gasteiger partial charge in [-0.3, -0.25) is 9.59 Å². The van der Waals surface area contributed by atoms with Crippen LogP contribution in [0.1, 0.15) is 10.4 Å². The number of aromatic nitrogens is 1. The summed E-state index contributed by atoms with van der Waals surface area (Å²) in [5.41, 5.74) is -0.408. The molecule has 0 amide bonds. The van der Waals surface area contributed by atoms with Gasteiger partial charge in [0.2, 0.25) is 0 Å². The Morgan fingerprint density at radius 2 is 2.36 bits per heavy atom. The van der Waals surface area contributed by atoms with Crippen molar-refractivity contribution in [2.75, 3.05) is 7.11 Å². The third kappa shape index (κ3) is 1.29. The van der Waals surface area contributed by atoms with Gasteiger partial charge in [0.05, 0.1) is 7.11 Å². The number of carbonyl (C=O) groups is 1. The highest BCUT2D eigenvalue weighted by Crippen LogP contribution is 2.08. The summed E-state index contributed by atoms with van der Waals surface area (Å²) in [5, 5.41) is 0. The normalized spacial score (nSPS) is 9.18. The first-order valence-corrected chi connectivity index (χ1v) is 3.00. The van der Waals surface area contributed by atoms with E-state index in [0.717, 1.165) is 0 Å². The molecule has 4 heteroatoms. The number of pyridine rings is 1. The van der Waals surface area contributed by atoms with Gasteiger partial charge in [-0.1, -0.05) is 0 Å². The molecule has 0 fully saturated rings. The van der Waals surface area contributed by atoms with Crippen LogP contribution in [0.2, 0.25) is 0 Å². The van der Waals surface area contributed by atoms with E-state index in [4.69, 9.17) is 4.74 Å². The molecule has 0 saturated carbocycles. The fourth-order valence-electron chi connectivity index (χ4n) is 0.762. The molecule has 1 heterocycles. The first-order chi connectivity index (χ1) is 5.29. The van der Waals surface area contributed by atoms with E-state index in [1.807, 2.05) is 0 Å². The molecule has 1 aromatic heterocycles. The predicted molar refractivity (Wildman–Crippen MR) is 39.0 cm³/mol. The molecule has 4 nitrogen and oxygen atoms in total. The number of aldehydes is 1. The highest BCUT2D eigenvalue weighted by molar-refractivity contribution is 5.78. The number of nitrogens with one attached hydrogen (secondary N) is 1. The summed E-state index contributed by atoms with van der Waals surface area (Å²) in [4.78, 5) is 23.5. The Balaban J connectivity index is 3.36. The van der Waals surface area contributed by atoms with Crippen molar-refractivity contribution in [3.05, 3.63) is 28.2 Å². The largest absolute Gasteiger partial charge is 0.496 e. The molecule has 0 aliphatic rings. The summed E-state index contributed by atoms with van der Waals surface area (Å²) in [6, 6.07) is 1.52. The molecule has 0 spiro atoms. The summed E-state index contributed by atoms with van der Waals surface area (Å²) in [5.74, 6) is 0.295. The molecule has 1 rings (SSSR count). The Kier molecular flexibility index (Phi) is 2.06. The Morgan fingerprint density at radius 1 is 1.64 bits per heavy atom. The van der Waals surface area contributed by atoms with Crippen LogP contribution in [0.4, 0.5) is 0 Å². The molecule has 0 bridgehead atoms. The maximum atomic E-state index is 10.9. The number of methoxy groups -OCH3 is 1. The quantitative estimate of drug-likeness (QED) is 0.617. The van der Waals surface area contributed by atoms with Gasteiger partial charge in [0.15, 0.2) is 6.29 Å². The molecule has 0 radical (unpaired) electrons. The second-order valence-electron chi connectivity index (χ2n) is 1.91. The van der Waals surface area contributed by atoms with Crippen LogP contribution in [-0.4, -0.2) is 18.4 Å². The van der Waals surface area contributed by atoms with E-state index in [1.165, 1.54) is 19.4 Å². The molecular weight excluding hydrogens is 146 g/mol. The molecule has 1 N–H and O–H groups in total. The van der Waals surface area contributed by atoms with E-state index >= 15 is 0 Å². The van der Waals surface area contributed by atoms with Crippen molar-refractivity contribution in [2.24, 2.45) is 0 Å². The van der Waals surface area contributed by atoms with Gasteiger partial charge in [0.25, 0.3) is 5.56 Å². The Hall–Kier alpha value is -1.58. The van der Waals surface area contributed by atoms with Crippen molar-refractivity contribution in [1.29, 1.82) is 0 Å². The first-order valence-electron chi connectivity index (χ1n) is 3.00. The smallest absolute Gasteiger partial charge is 0.262 e. The van der Waals surface area contributed by atoms with Gasteiger partial charge in [-0.15, -0.1) is 0 Å². The second kappa shape index (κ2) is 3.01. The number of carbonyl (C=O) groups excluding carboxylic acids is 1. The van der Waals surface area contributed by atoms with E-state index in [2.05, 4.69) is 4.98 Å². The Morgan fingerprint density at radius 3 is 2.82 bits per heavy atom. The fraction of sp³-hybridized carbons (Fsp3) is 0.143. The topological polar surface area (TPSA) is 59.2 Å². The van der Waals surface area contributed by atoms with E-state index in [1.54, 1.807) is 0 Å². The minimum absolute atomic E-state index is 0.0231. The highest BCUT2D eigenvalue weighted by Gasteiger charge is 2.03. The third-order valence-electron chi connectivity index (χ3n) is 1.30. The van der Waals surface area contributed by atoms with Crippen molar-refractivity contribution >= 4 is 6.29 Å². The van der Waals surface area contributed by atoms with Crippen LogP contribution in [0, 0.1) is 0 Å². The standard InChI is InChI=1S/C7H7NO3/c1-11-6-2-3-8-7(10)5(6)4-9/h2-4H,1H3,(H,8,10). The zero-order chi connectivity index (χ0) is 8.27. The van der Waals surface area contributed by atoms with Gasteiger partial charge in [0, 0.05) is 6.20 Å². The zero-order valence-electron chi connectivity index (χ0n) is 5.96. The number of rotatable bonds is 2. The van der Waals surface area contributed by atoms with E-state index in [-0.39, 0.29) is 5.56 Å². The number of H-pyrrole nitrogens is 1. The van der Waals surface area contributed by atoms with Crippen molar-refractivity contribution in [3.8, 4) is 5.75 Å². The van der Waals surface area contributed by atoms with E-state index in [9.17, 15) is 9.59 Å². The second-order valence-corrected chi connectivity index (χ2v) is 1.91. The minimum Gasteiger partial charge on any atom is -0.496 e. The van der Waals surface area contributed by atoms with E-state index < -0.39 is 5.56 Å². The third-order valence-corrected chi connectivity index (χ3v) is 1.30. The molecule has 0 aromatic carbocycles. The van der Waals surface area contributed by atoms with Gasteiger partial charge >= 0.3 is 0 Å². The summed E-state index contributed by atoms with van der Waals surface area (Å²) < 4.78 is 4.77. The number of hydrogen-bond donors (Lipinski definition) is 1. The average molecular weight is 153 g/mol.